The van der Waals surface area contributed by atoms with Crippen molar-refractivity contribution in [3.05, 3.63) is 44.8 Å². The molecule has 28 heavy (non-hydrogen) atoms. The van der Waals surface area contributed by atoms with E-state index in [1.54, 1.807) is 18.2 Å². The summed E-state index contributed by atoms with van der Waals surface area (Å²) >= 11 is 1.24. The molecule has 0 unspecified atom stereocenters. The molecule has 1 N–H and O–H groups in total. The van der Waals surface area contributed by atoms with Gasteiger partial charge in [-0.15, -0.1) is 5.10 Å². The number of fused-ring (bicyclic) bond motifs is 2. The number of amides is 1. The zero-order chi connectivity index (χ0) is 20.1. The van der Waals surface area contributed by atoms with Gasteiger partial charge < -0.3 is 0 Å². The third kappa shape index (κ3) is 2.96. The van der Waals surface area contributed by atoms with E-state index in [0.717, 1.165) is 24.1 Å². The molecule has 146 valence electrons. The van der Waals surface area contributed by atoms with Crippen molar-refractivity contribution in [1.82, 2.24) is 5.32 Å². The number of nitrogens with one attached hydrogen (secondary N) is 1. The summed E-state index contributed by atoms with van der Waals surface area (Å²) in [7, 11) is 0. The molecule has 1 aliphatic heterocycles. The normalized spacial score (nSPS) is 32.5. The van der Waals surface area contributed by atoms with Gasteiger partial charge in [0.1, 0.15) is 0 Å². The number of carbonyl (C=O) groups is 1. The number of amidine groups is 1. The van der Waals surface area contributed by atoms with Crippen LogP contribution in [0.25, 0.3) is 6.08 Å². The molecular formula is C20H22N4O3S. The molecule has 0 spiro atoms. The van der Waals surface area contributed by atoms with Gasteiger partial charge in [0, 0.05) is 23.3 Å². The predicted molar refractivity (Wildman–Crippen MR) is 111 cm³/mol. The summed E-state index contributed by atoms with van der Waals surface area (Å²) in [5, 5.41) is 22.8. The molecule has 1 aromatic carbocycles. The zero-order valence-corrected chi connectivity index (χ0v) is 16.9. The largest absolute Gasteiger partial charge is 0.299 e. The number of hydrogen-bond acceptors (Lipinski definition) is 6. The number of rotatable bonds is 3. The van der Waals surface area contributed by atoms with Gasteiger partial charge in [0.25, 0.3) is 11.6 Å². The second-order valence-corrected chi connectivity index (χ2v) is 9.39. The summed E-state index contributed by atoms with van der Waals surface area (Å²) < 4.78 is 0. The number of nitro groups is 1. The fourth-order valence-corrected chi connectivity index (χ4v) is 5.28. The van der Waals surface area contributed by atoms with Crippen molar-refractivity contribution in [1.29, 1.82) is 0 Å². The van der Waals surface area contributed by atoms with Gasteiger partial charge >= 0.3 is 0 Å². The van der Waals surface area contributed by atoms with Gasteiger partial charge in [-0.05, 0) is 66.1 Å². The van der Waals surface area contributed by atoms with Crippen molar-refractivity contribution in [2.45, 2.75) is 40.0 Å². The Kier molecular flexibility index (Phi) is 4.41. The lowest BCUT2D eigenvalue weighted by molar-refractivity contribution is -0.384. The van der Waals surface area contributed by atoms with E-state index in [4.69, 9.17) is 0 Å². The smallest absolute Gasteiger partial charge is 0.269 e. The maximum Gasteiger partial charge on any atom is 0.269 e. The molecule has 1 saturated heterocycles. The first-order chi connectivity index (χ1) is 13.2. The van der Waals surface area contributed by atoms with Gasteiger partial charge in [-0.25, -0.2) is 0 Å². The van der Waals surface area contributed by atoms with Gasteiger partial charge in [-0.3, -0.25) is 20.2 Å². The first kappa shape index (κ1) is 18.9. The van der Waals surface area contributed by atoms with Crippen molar-refractivity contribution < 1.29 is 9.72 Å². The Labute approximate surface area is 167 Å². The quantitative estimate of drug-likeness (QED) is 0.465. The highest BCUT2D eigenvalue weighted by atomic mass is 32.2. The topological polar surface area (TPSA) is 97.0 Å². The number of carbonyl (C=O) groups excluding carboxylic acids is 1. The molecule has 4 rings (SSSR count). The maximum atomic E-state index is 12.2. The van der Waals surface area contributed by atoms with E-state index in [0.29, 0.717) is 16.0 Å². The first-order valence-corrected chi connectivity index (χ1v) is 10.1. The highest BCUT2D eigenvalue weighted by Crippen LogP contribution is 2.64. The van der Waals surface area contributed by atoms with E-state index in [2.05, 4.69) is 36.3 Å². The second kappa shape index (κ2) is 6.55. The van der Waals surface area contributed by atoms with Crippen LogP contribution in [-0.2, 0) is 4.79 Å². The van der Waals surface area contributed by atoms with Crippen LogP contribution in [0.1, 0.15) is 45.6 Å². The third-order valence-corrected chi connectivity index (χ3v) is 7.73. The van der Waals surface area contributed by atoms with Crippen LogP contribution in [0.4, 0.5) is 5.69 Å². The Hall–Kier alpha value is -2.48. The van der Waals surface area contributed by atoms with Crippen molar-refractivity contribution >= 4 is 40.3 Å². The average Bonchev–Trinajstić information content (AvgIpc) is 3.17. The van der Waals surface area contributed by atoms with E-state index in [1.165, 1.54) is 30.3 Å². The Morgan fingerprint density at radius 3 is 2.54 bits per heavy atom. The lowest BCUT2D eigenvalue weighted by atomic mass is 9.70. The number of thioether (sulfide) groups is 1. The monoisotopic (exact) mass is 398 g/mol. The molecule has 0 radical (unpaired) electrons. The van der Waals surface area contributed by atoms with E-state index in [1.807, 2.05) is 0 Å². The summed E-state index contributed by atoms with van der Waals surface area (Å²) in [5.41, 5.74) is 2.18. The molecule has 1 amide bonds. The minimum Gasteiger partial charge on any atom is -0.299 e. The van der Waals surface area contributed by atoms with Crippen molar-refractivity contribution in [2.24, 2.45) is 27.0 Å². The maximum absolute atomic E-state index is 12.2. The summed E-state index contributed by atoms with van der Waals surface area (Å²) in [6.07, 6.45) is 5.05. The van der Waals surface area contributed by atoms with Gasteiger partial charge in [0.05, 0.1) is 9.83 Å². The van der Waals surface area contributed by atoms with Crippen molar-refractivity contribution in [2.75, 3.05) is 0 Å². The van der Waals surface area contributed by atoms with Crippen LogP contribution in [0, 0.1) is 26.9 Å². The summed E-state index contributed by atoms with van der Waals surface area (Å²) in [6, 6.07) is 6.07. The highest BCUT2D eigenvalue weighted by Gasteiger charge is 2.60. The standard InChI is InChI=1S/C20H22N4O3S/c1-19(2)13-8-9-20(19,3)16(11-13)22-23-18-21-17(25)15(28-18)10-12-4-6-14(7-5-12)24(26)27/h4-7,10,13H,8-9,11H2,1-3H3,(H,21,23,25)/b15-10+,22-16-/t13-,20+/m1/s1. The van der Waals surface area contributed by atoms with Crippen LogP contribution in [0.15, 0.2) is 39.4 Å². The molecule has 2 bridgehead atoms. The summed E-state index contributed by atoms with van der Waals surface area (Å²) in [5.74, 6) is 0.418. The van der Waals surface area contributed by atoms with Crippen LogP contribution in [0.5, 0.6) is 0 Å². The summed E-state index contributed by atoms with van der Waals surface area (Å²) in [4.78, 5) is 23.0. The molecule has 2 aliphatic carbocycles. The average molecular weight is 398 g/mol. The molecule has 7 nitrogen and oxygen atoms in total. The Morgan fingerprint density at radius 1 is 1.25 bits per heavy atom. The van der Waals surface area contributed by atoms with Crippen LogP contribution >= 0.6 is 11.8 Å². The third-order valence-electron chi connectivity index (χ3n) is 6.83. The first-order valence-electron chi connectivity index (χ1n) is 9.31. The molecule has 0 aromatic heterocycles. The van der Waals surface area contributed by atoms with E-state index < -0.39 is 4.92 Å². The van der Waals surface area contributed by atoms with E-state index in [9.17, 15) is 14.9 Å². The fourth-order valence-electron chi connectivity index (χ4n) is 4.50. The molecule has 1 heterocycles. The van der Waals surface area contributed by atoms with E-state index >= 15 is 0 Å². The molecule has 2 atom stereocenters. The number of nitro benzene ring substituents is 1. The molecule has 3 fully saturated rings. The summed E-state index contributed by atoms with van der Waals surface area (Å²) in [6.45, 7) is 6.91. The highest BCUT2D eigenvalue weighted by molar-refractivity contribution is 8.18. The molecule has 3 aliphatic rings. The van der Waals surface area contributed by atoms with Gasteiger partial charge in [-0.2, -0.15) is 5.10 Å². The molecule has 2 saturated carbocycles. The van der Waals surface area contributed by atoms with Gasteiger partial charge in [0.15, 0.2) is 5.17 Å². The van der Waals surface area contributed by atoms with Crippen LogP contribution in [-0.4, -0.2) is 21.7 Å². The van der Waals surface area contributed by atoms with Gasteiger partial charge in [0.2, 0.25) is 0 Å². The molecule has 8 heteroatoms. The number of hydrogen-bond donors (Lipinski definition) is 1. The van der Waals surface area contributed by atoms with Gasteiger partial charge in [-0.1, -0.05) is 20.8 Å². The number of nitrogens with zero attached hydrogens (tertiary/aromatic N) is 3. The SMILES string of the molecule is CC1(C)[C@@H]2CC[C@@]1(C)/C(=N\N=C1\NC(=O)/C(=C\c3ccc([N+](=O)[O-])cc3)S1)C2. The Morgan fingerprint density at radius 2 is 1.96 bits per heavy atom. The predicted octanol–water partition coefficient (Wildman–Crippen LogP) is 4.36. The number of benzene rings is 1. The zero-order valence-electron chi connectivity index (χ0n) is 16.1. The fraction of sp³-hybridized carbons (Fsp3) is 0.450. The minimum atomic E-state index is -0.449. The minimum absolute atomic E-state index is 0.0195. The van der Waals surface area contributed by atoms with Crippen molar-refractivity contribution in [3.63, 3.8) is 0 Å². The molecular weight excluding hydrogens is 376 g/mol. The van der Waals surface area contributed by atoms with Crippen LogP contribution in [0.3, 0.4) is 0 Å². The Balaban J connectivity index is 1.51. The van der Waals surface area contributed by atoms with E-state index in [-0.39, 0.29) is 22.4 Å². The second-order valence-electron chi connectivity index (χ2n) is 8.36. The van der Waals surface area contributed by atoms with Crippen LogP contribution in [0.2, 0.25) is 0 Å². The number of non-ortho nitro benzene ring substituents is 1. The molecule has 1 aromatic rings. The van der Waals surface area contributed by atoms with Crippen LogP contribution < -0.4 is 5.32 Å². The van der Waals surface area contributed by atoms with Crippen molar-refractivity contribution in [3.8, 4) is 0 Å². The Bertz CT molecular complexity index is 949. The lowest BCUT2D eigenvalue weighted by Gasteiger charge is -2.34. The lowest BCUT2D eigenvalue weighted by Crippen LogP contribution is -2.32.